The highest BCUT2D eigenvalue weighted by atomic mass is 16.2. The van der Waals surface area contributed by atoms with Gasteiger partial charge < -0.3 is 10.6 Å². The van der Waals surface area contributed by atoms with Crippen molar-refractivity contribution in [2.45, 2.75) is 25.8 Å². The van der Waals surface area contributed by atoms with Crippen molar-refractivity contribution >= 4 is 28.1 Å². The zero-order valence-electron chi connectivity index (χ0n) is 14.3. The van der Waals surface area contributed by atoms with Crippen LogP contribution >= 0.6 is 0 Å². The average molecular weight is 330 g/mol. The van der Waals surface area contributed by atoms with E-state index in [2.05, 4.69) is 60.0 Å². The molecule has 0 aliphatic heterocycles. The van der Waals surface area contributed by atoms with Gasteiger partial charge in [0.1, 0.15) is 0 Å². The number of rotatable bonds is 5. The second kappa shape index (κ2) is 6.60. The van der Waals surface area contributed by atoms with E-state index >= 15 is 0 Å². The number of amides is 1. The number of hydrogen-bond acceptors (Lipinski definition) is 2. The zero-order chi connectivity index (χ0) is 17.2. The van der Waals surface area contributed by atoms with Crippen LogP contribution in [0.15, 0.2) is 66.7 Å². The van der Waals surface area contributed by atoms with Gasteiger partial charge in [0.15, 0.2) is 0 Å². The average Bonchev–Trinajstić information content (AvgIpc) is 3.47. The van der Waals surface area contributed by atoms with Crippen molar-refractivity contribution in [1.29, 1.82) is 0 Å². The molecular weight excluding hydrogens is 308 g/mol. The molecule has 1 amide bonds. The minimum absolute atomic E-state index is 0.139. The molecule has 1 atom stereocenters. The second-order valence-corrected chi connectivity index (χ2v) is 6.82. The molecule has 3 nitrogen and oxygen atoms in total. The Hall–Kier alpha value is -2.81. The standard InChI is InChI=1S/C22H22N2O/c1-15(18-12-9-16-5-2-3-6-19(16)13-18)23-20-7-4-8-21(14-20)24-22(25)17-10-11-17/h2-9,12-15,17,23H,10-11H2,1H3,(H,24,25). The fourth-order valence-corrected chi connectivity index (χ4v) is 3.09. The molecule has 25 heavy (non-hydrogen) atoms. The molecule has 0 saturated heterocycles. The Balaban J connectivity index is 1.49. The zero-order valence-corrected chi connectivity index (χ0v) is 14.3. The first-order valence-electron chi connectivity index (χ1n) is 8.85. The van der Waals surface area contributed by atoms with Crippen molar-refractivity contribution in [3.05, 3.63) is 72.3 Å². The van der Waals surface area contributed by atoms with Gasteiger partial charge in [-0.2, -0.15) is 0 Å². The quantitative estimate of drug-likeness (QED) is 0.661. The first kappa shape index (κ1) is 15.7. The van der Waals surface area contributed by atoms with E-state index in [1.165, 1.54) is 16.3 Å². The van der Waals surface area contributed by atoms with Gasteiger partial charge in [-0.1, -0.05) is 42.5 Å². The smallest absolute Gasteiger partial charge is 0.227 e. The van der Waals surface area contributed by atoms with Gasteiger partial charge in [-0.25, -0.2) is 0 Å². The molecule has 0 radical (unpaired) electrons. The van der Waals surface area contributed by atoms with E-state index in [-0.39, 0.29) is 17.9 Å². The molecule has 1 fully saturated rings. The Morgan fingerprint density at radius 1 is 0.920 bits per heavy atom. The fourth-order valence-electron chi connectivity index (χ4n) is 3.09. The molecule has 0 heterocycles. The van der Waals surface area contributed by atoms with Gasteiger partial charge in [-0.3, -0.25) is 4.79 Å². The Labute approximate surface area is 148 Å². The Morgan fingerprint density at radius 2 is 1.68 bits per heavy atom. The third-order valence-electron chi connectivity index (χ3n) is 4.73. The highest BCUT2D eigenvalue weighted by Gasteiger charge is 2.29. The molecular formula is C22H22N2O. The van der Waals surface area contributed by atoms with Crippen molar-refractivity contribution in [2.24, 2.45) is 5.92 Å². The molecule has 126 valence electrons. The van der Waals surface area contributed by atoms with Gasteiger partial charge >= 0.3 is 0 Å². The predicted octanol–water partition coefficient (Wildman–Crippen LogP) is 5.36. The third-order valence-corrected chi connectivity index (χ3v) is 4.73. The lowest BCUT2D eigenvalue weighted by Crippen LogP contribution is -2.13. The highest BCUT2D eigenvalue weighted by Crippen LogP contribution is 2.31. The summed E-state index contributed by atoms with van der Waals surface area (Å²) in [6.45, 7) is 2.15. The SMILES string of the molecule is CC(Nc1cccc(NC(=O)C2CC2)c1)c1ccc2ccccc2c1. The molecule has 3 aromatic carbocycles. The van der Waals surface area contributed by atoms with Crippen molar-refractivity contribution in [1.82, 2.24) is 0 Å². The molecule has 0 bridgehead atoms. The van der Waals surface area contributed by atoms with Crippen LogP contribution in [0.2, 0.25) is 0 Å². The minimum atomic E-state index is 0.139. The maximum atomic E-state index is 11.9. The van der Waals surface area contributed by atoms with Gasteiger partial charge in [0.25, 0.3) is 0 Å². The summed E-state index contributed by atoms with van der Waals surface area (Å²) in [6.07, 6.45) is 2.03. The third kappa shape index (κ3) is 3.66. The van der Waals surface area contributed by atoms with E-state index in [0.29, 0.717) is 0 Å². The number of carbonyl (C=O) groups excluding carboxylic acids is 1. The maximum absolute atomic E-state index is 11.9. The molecule has 4 rings (SSSR count). The predicted molar refractivity (Wildman–Crippen MR) is 104 cm³/mol. The van der Waals surface area contributed by atoms with Crippen LogP contribution in [0.5, 0.6) is 0 Å². The normalized spacial score (nSPS) is 14.9. The van der Waals surface area contributed by atoms with Gasteiger partial charge in [-0.05, 0) is 60.4 Å². The Bertz CT molecular complexity index is 915. The molecule has 1 unspecified atom stereocenters. The summed E-state index contributed by atoms with van der Waals surface area (Å²) in [7, 11) is 0. The van der Waals surface area contributed by atoms with Crippen LogP contribution in [0, 0.1) is 5.92 Å². The van der Waals surface area contributed by atoms with Crippen LogP contribution in [-0.4, -0.2) is 5.91 Å². The molecule has 0 aromatic heterocycles. The van der Waals surface area contributed by atoms with E-state index in [0.717, 1.165) is 24.2 Å². The molecule has 0 spiro atoms. The van der Waals surface area contributed by atoms with Crippen molar-refractivity contribution in [2.75, 3.05) is 10.6 Å². The monoisotopic (exact) mass is 330 g/mol. The van der Waals surface area contributed by atoms with Crippen molar-refractivity contribution < 1.29 is 4.79 Å². The number of carbonyl (C=O) groups is 1. The van der Waals surface area contributed by atoms with Crippen LogP contribution < -0.4 is 10.6 Å². The van der Waals surface area contributed by atoms with Crippen LogP contribution in [0.25, 0.3) is 10.8 Å². The second-order valence-electron chi connectivity index (χ2n) is 6.82. The van der Waals surface area contributed by atoms with Crippen molar-refractivity contribution in [3.8, 4) is 0 Å². The number of benzene rings is 3. The lowest BCUT2D eigenvalue weighted by atomic mass is 10.0. The summed E-state index contributed by atoms with van der Waals surface area (Å²) < 4.78 is 0. The topological polar surface area (TPSA) is 41.1 Å². The summed E-state index contributed by atoms with van der Waals surface area (Å²) in [6, 6.07) is 23.1. The number of nitrogens with one attached hydrogen (secondary N) is 2. The molecule has 1 aliphatic rings. The summed E-state index contributed by atoms with van der Waals surface area (Å²) in [5.41, 5.74) is 3.10. The molecule has 1 saturated carbocycles. The lowest BCUT2D eigenvalue weighted by molar-refractivity contribution is -0.117. The molecule has 2 N–H and O–H groups in total. The minimum Gasteiger partial charge on any atom is -0.378 e. The first-order chi connectivity index (χ1) is 12.2. The van der Waals surface area contributed by atoms with Gasteiger partial charge in [0.05, 0.1) is 0 Å². The largest absolute Gasteiger partial charge is 0.378 e. The van der Waals surface area contributed by atoms with E-state index in [4.69, 9.17) is 0 Å². The number of hydrogen-bond donors (Lipinski definition) is 2. The highest BCUT2D eigenvalue weighted by molar-refractivity contribution is 5.94. The molecule has 1 aliphatic carbocycles. The van der Waals surface area contributed by atoms with E-state index in [9.17, 15) is 4.79 Å². The van der Waals surface area contributed by atoms with E-state index < -0.39 is 0 Å². The lowest BCUT2D eigenvalue weighted by Gasteiger charge is -2.17. The molecule has 3 aromatic rings. The summed E-state index contributed by atoms with van der Waals surface area (Å²) in [5.74, 6) is 0.355. The van der Waals surface area contributed by atoms with Crippen molar-refractivity contribution in [3.63, 3.8) is 0 Å². The van der Waals surface area contributed by atoms with Crippen LogP contribution in [0.1, 0.15) is 31.4 Å². The van der Waals surface area contributed by atoms with Crippen LogP contribution in [0.4, 0.5) is 11.4 Å². The van der Waals surface area contributed by atoms with Gasteiger partial charge in [-0.15, -0.1) is 0 Å². The fraction of sp³-hybridized carbons (Fsp3) is 0.227. The molecule has 3 heteroatoms. The van der Waals surface area contributed by atoms with Crippen LogP contribution in [0.3, 0.4) is 0 Å². The number of fused-ring (bicyclic) bond motifs is 1. The summed E-state index contributed by atoms with van der Waals surface area (Å²) in [5, 5.41) is 9.03. The number of anilines is 2. The van der Waals surface area contributed by atoms with Gasteiger partial charge in [0, 0.05) is 23.3 Å². The Morgan fingerprint density at radius 3 is 2.48 bits per heavy atom. The summed E-state index contributed by atoms with van der Waals surface area (Å²) in [4.78, 5) is 11.9. The Kier molecular flexibility index (Phi) is 4.14. The summed E-state index contributed by atoms with van der Waals surface area (Å²) >= 11 is 0. The van der Waals surface area contributed by atoms with E-state index in [1.54, 1.807) is 0 Å². The van der Waals surface area contributed by atoms with E-state index in [1.807, 2.05) is 24.3 Å². The maximum Gasteiger partial charge on any atom is 0.227 e. The van der Waals surface area contributed by atoms with Crippen LogP contribution in [-0.2, 0) is 4.79 Å². The first-order valence-corrected chi connectivity index (χ1v) is 8.85. The van der Waals surface area contributed by atoms with Gasteiger partial charge in [0.2, 0.25) is 5.91 Å².